The first-order valence-corrected chi connectivity index (χ1v) is 7.10. The van der Waals surface area contributed by atoms with Crippen molar-refractivity contribution in [3.8, 4) is 17.5 Å². The second-order valence-electron chi connectivity index (χ2n) is 5.67. The first-order valence-electron chi connectivity index (χ1n) is 7.10. The lowest BCUT2D eigenvalue weighted by atomic mass is 9.90. The summed E-state index contributed by atoms with van der Waals surface area (Å²) in [6.07, 6.45) is 0. The largest absolute Gasteiger partial charge is 0.336 e. The number of nitriles is 1. The maximum Gasteiger partial charge on any atom is 0.244 e. The van der Waals surface area contributed by atoms with E-state index in [1.165, 1.54) is 24.3 Å². The van der Waals surface area contributed by atoms with Gasteiger partial charge in [-0.05, 0) is 42.3 Å². The lowest BCUT2D eigenvalue weighted by Gasteiger charge is -2.27. The molecule has 1 amide bonds. The van der Waals surface area contributed by atoms with Crippen molar-refractivity contribution in [1.82, 2.24) is 25.5 Å². The van der Waals surface area contributed by atoms with E-state index < -0.39 is 5.54 Å². The molecule has 0 saturated heterocycles. The van der Waals surface area contributed by atoms with Crippen LogP contribution in [0.3, 0.4) is 0 Å². The molecule has 0 spiro atoms. The van der Waals surface area contributed by atoms with E-state index in [0.717, 1.165) is 4.80 Å². The molecule has 1 heterocycles. The van der Waals surface area contributed by atoms with Gasteiger partial charge in [-0.3, -0.25) is 4.79 Å². The molecule has 1 aromatic carbocycles. The fourth-order valence-electron chi connectivity index (χ4n) is 1.78. The molecular formula is C15H17FN6O. The Labute approximate surface area is 133 Å². The minimum atomic E-state index is -0.961. The van der Waals surface area contributed by atoms with Gasteiger partial charge in [0, 0.05) is 5.56 Å². The molecule has 2 rings (SSSR count). The van der Waals surface area contributed by atoms with Gasteiger partial charge in [0.25, 0.3) is 0 Å². The topological polar surface area (TPSA) is 96.5 Å². The maximum atomic E-state index is 12.9. The van der Waals surface area contributed by atoms with E-state index in [1.807, 2.05) is 13.8 Å². The van der Waals surface area contributed by atoms with Crippen LogP contribution in [0.1, 0.15) is 20.8 Å². The van der Waals surface area contributed by atoms with E-state index in [9.17, 15) is 14.4 Å². The molecule has 0 saturated carbocycles. The Morgan fingerprint density at radius 3 is 2.65 bits per heavy atom. The Hall–Kier alpha value is -2.82. The van der Waals surface area contributed by atoms with E-state index in [0.29, 0.717) is 11.4 Å². The van der Waals surface area contributed by atoms with Crippen molar-refractivity contribution in [2.24, 2.45) is 5.92 Å². The summed E-state index contributed by atoms with van der Waals surface area (Å²) in [5, 5.41) is 23.6. The quantitative estimate of drug-likeness (QED) is 0.902. The van der Waals surface area contributed by atoms with Crippen LogP contribution in [0, 0.1) is 23.1 Å². The van der Waals surface area contributed by atoms with Crippen molar-refractivity contribution in [3.63, 3.8) is 0 Å². The van der Waals surface area contributed by atoms with Crippen molar-refractivity contribution in [3.05, 3.63) is 30.1 Å². The Morgan fingerprint density at radius 1 is 1.43 bits per heavy atom. The van der Waals surface area contributed by atoms with Crippen LogP contribution in [0.5, 0.6) is 0 Å². The van der Waals surface area contributed by atoms with Crippen molar-refractivity contribution >= 4 is 5.91 Å². The standard InChI is InChI=1S/C15H17FN6O/c1-10(2)15(3,9-17)18-13(23)8-22-20-14(19-21-22)11-4-6-12(16)7-5-11/h4-7,10H,8H2,1-3H3,(H,18,23)/t15-/m1/s1. The summed E-state index contributed by atoms with van der Waals surface area (Å²) in [4.78, 5) is 13.2. The molecule has 0 aliphatic carbocycles. The van der Waals surface area contributed by atoms with Gasteiger partial charge in [-0.1, -0.05) is 13.8 Å². The van der Waals surface area contributed by atoms with Gasteiger partial charge in [0.2, 0.25) is 11.7 Å². The van der Waals surface area contributed by atoms with Crippen LogP contribution in [-0.4, -0.2) is 31.7 Å². The van der Waals surface area contributed by atoms with Gasteiger partial charge in [0.1, 0.15) is 17.9 Å². The number of aromatic nitrogens is 4. The molecule has 0 bridgehead atoms. The Morgan fingerprint density at radius 2 is 2.09 bits per heavy atom. The van der Waals surface area contributed by atoms with Crippen LogP contribution < -0.4 is 5.32 Å². The highest BCUT2D eigenvalue weighted by atomic mass is 19.1. The number of hydrogen-bond acceptors (Lipinski definition) is 5. The van der Waals surface area contributed by atoms with E-state index in [4.69, 9.17) is 0 Å². The number of tetrazole rings is 1. The molecule has 120 valence electrons. The van der Waals surface area contributed by atoms with Gasteiger partial charge in [-0.2, -0.15) is 10.1 Å². The first-order chi connectivity index (χ1) is 10.8. The summed E-state index contributed by atoms with van der Waals surface area (Å²) < 4.78 is 12.9. The monoisotopic (exact) mass is 316 g/mol. The predicted molar refractivity (Wildman–Crippen MR) is 80.2 cm³/mol. The first kappa shape index (κ1) is 16.5. The molecule has 23 heavy (non-hydrogen) atoms. The van der Waals surface area contributed by atoms with Crippen molar-refractivity contribution in [2.45, 2.75) is 32.9 Å². The molecule has 0 aliphatic heterocycles. The molecule has 0 fully saturated rings. The highest BCUT2D eigenvalue weighted by Crippen LogP contribution is 2.15. The lowest BCUT2D eigenvalue weighted by molar-refractivity contribution is -0.123. The minimum absolute atomic E-state index is 0.0464. The smallest absolute Gasteiger partial charge is 0.244 e. The molecule has 2 aromatic rings. The third-order valence-corrected chi connectivity index (χ3v) is 3.63. The number of halogens is 1. The van der Waals surface area contributed by atoms with Crippen molar-refractivity contribution in [1.29, 1.82) is 5.26 Å². The van der Waals surface area contributed by atoms with Gasteiger partial charge < -0.3 is 5.32 Å². The molecular weight excluding hydrogens is 299 g/mol. The van der Waals surface area contributed by atoms with E-state index >= 15 is 0 Å². The Bertz CT molecular complexity index is 733. The SMILES string of the molecule is CC(C)[C@@](C)(C#N)NC(=O)Cn1nnc(-c2ccc(F)cc2)n1. The summed E-state index contributed by atoms with van der Waals surface area (Å²) in [7, 11) is 0. The van der Waals surface area contributed by atoms with Gasteiger partial charge in [-0.15, -0.1) is 10.2 Å². The van der Waals surface area contributed by atoms with Crippen molar-refractivity contribution in [2.75, 3.05) is 0 Å². The fraction of sp³-hybridized carbons (Fsp3) is 0.400. The fourth-order valence-corrected chi connectivity index (χ4v) is 1.78. The number of carbonyl (C=O) groups is 1. The average Bonchev–Trinajstić information content (AvgIpc) is 2.95. The van der Waals surface area contributed by atoms with Crippen LogP contribution in [-0.2, 0) is 11.3 Å². The second kappa shape index (κ2) is 6.52. The van der Waals surface area contributed by atoms with Crippen molar-refractivity contribution < 1.29 is 9.18 Å². The number of benzene rings is 1. The molecule has 0 unspecified atom stereocenters. The van der Waals surface area contributed by atoms with Crippen LogP contribution in [0.4, 0.5) is 4.39 Å². The average molecular weight is 316 g/mol. The molecule has 0 radical (unpaired) electrons. The molecule has 0 aliphatic rings. The number of amides is 1. The van der Waals surface area contributed by atoms with Crippen LogP contribution in [0.25, 0.3) is 11.4 Å². The highest BCUT2D eigenvalue weighted by molar-refractivity contribution is 5.77. The van der Waals surface area contributed by atoms with Crippen LogP contribution >= 0.6 is 0 Å². The van der Waals surface area contributed by atoms with Crippen LogP contribution in [0.15, 0.2) is 24.3 Å². The summed E-state index contributed by atoms with van der Waals surface area (Å²) in [6.45, 7) is 5.21. The number of nitrogens with zero attached hydrogens (tertiary/aromatic N) is 5. The Balaban J connectivity index is 2.06. The van der Waals surface area contributed by atoms with E-state index in [1.54, 1.807) is 6.92 Å². The zero-order valence-electron chi connectivity index (χ0n) is 13.1. The summed E-state index contributed by atoms with van der Waals surface area (Å²) >= 11 is 0. The predicted octanol–water partition coefficient (Wildman–Crippen LogP) is 1.53. The zero-order valence-corrected chi connectivity index (χ0v) is 13.1. The van der Waals surface area contributed by atoms with Gasteiger partial charge in [0.05, 0.1) is 6.07 Å². The lowest BCUT2D eigenvalue weighted by Crippen LogP contribution is -2.50. The Kier molecular flexibility index (Phi) is 4.69. The summed E-state index contributed by atoms with van der Waals surface area (Å²) in [5.41, 5.74) is -0.362. The summed E-state index contributed by atoms with van der Waals surface area (Å²) in [5.74, 6) is -0.490. The van der Waals surface area contributed by atoms with Gasteiger partial charge in [0.15, 0.2) is 0 Å². The molecule has 8 heteroatoms. The molecule has 7 nitrogen and oxygen atoms in total. The number of nitrogens with one attached hydrogen (secondary N) is 1. The molecule has 1 N–H and O–H groups in total. The third-order valence-electron chi connectivity index (χ3n) is 3.63. The number of carbonyl (C=O) groups excluding carboxylic acids is 1. The maximum absolute atomic E-state index is 12.9. The van der Waals surface area contributed by atoms with E-state index in [-0.39, 0.29) is 24.2 Å². The summed E-state index contributed by atoms with van der Waals surface area (Å²) in [6, 6.07) is 7.75. The minimum Gasteiger partial charge on any atom is -0.336 e. The number of rotatable bonds is 5. The van der Waals surface area contributed by atoms with E-state index in [2.05, 4.69) is 26.8 Å². The normalized spacial score (nSPS) is 13.4. The van der Waals surface area contributed by atoms with Gasteiger partial charge >= 0.3 is 0 Å². The molecule has 1 atom stereocenters. The second-order valence-corrected chi connectivity index (χ2v) is 5.67. The zero-order chi connectivity index (χ0) is 17.0. The van der Waals surface area contributed by atoms with Gasteiger partial charge in [-0.25, -0.2) is 4.39 Å². The number of hydrogen-bond donors (Lipinski definition) is 1. The highest BCUT2D eigenvalue weighted by Gasteiger charge is 2.30. The van der Waals surface area contributed by atoms with Crippen LogP contribution in [0.2, 0.25) is 0 Å². The third kappa shape index (κ3) is 3.88. The molecule has 1 aromatic heterocycles.